The van der Waals surface area contributed by atoms with Crippen molar-refractivity contribution in [1.29, 1.82) is 5.41 Å². The topological polar surface area (TPSA) is 119 Å². The number of nitrogens with one attached hydrogen (secondary N) is 2. The summed E-state index contributed by atoms with van der Waals surface area (Å²) in [5.74, 6) is 0.449. The molecule has 0 spiro atoms. The van der Waals surface area contributed by atoms with Crippen molar-refractivity contribution in [2.75, 3.05) is 11.4 Å². The van der Waals surface area contributed by atoms with Gasteiger partial charge in [0.15, 0.2) is 0 Å². The summed E-state index contributed by atoms with van der Waals surface area (Å²) in [6.45, 7) is 1.87. The standard InChI is InChI=1S/C18H15N5O3/c1-10-6-7-11(23(25)26)8-14(10)22-9-15(24)16(17(22)19)18-20-12-4-2-3-5-13(12)21-18/h2-8,19,24H,9H2,1H3,(H,20,21). The monoisotopic (exact) mass is 349 g/mol. The van der Waals surface area contributed by atoms with Crippen LogP contribution >= 0.6 is 0 Å². The first kappa shape index (κ1) is 15.8. The Kier molecular flexibility index (Phi) is 3.47. The number of nitro benzene ring substituents is 1. The normalized spacial score (nSPS) is 14.5. The molecule has 0 radical (unpaired) electrons. The summed E-state index contributed by atoms with van der Waals surface area (Å²) in [6, 6.07) is 11.9. The number of fused-ring (bicyclic) bond motifs is 1. The zero-order valence-electron chi connectivity index (χ0n) is 13.9. The van der Waals surface area contributed by atoms with Gasteiger partial charge in [-0.1, -0.05) is 18.2 Å². The van der Waals surface area contributed by atoms with Gasteiger partial charge in [0.25, 0.3) is 5.69 Å². The van der Waals surface area contributed by atoms with Gasteiger partial charge in [-0.2, -0.15) is 0 Å². The maximum absolute atomic E-state index is 11.1. The molecule has 1 aromatic heterocycles. The zero-order chi connectivity index (χ0) is 18.4. The largest absolute Gasteiger partial charge is 0.509 e. The van der Waals surface area contributed by atoms with Crippen molar-refractivity contribution < 1.29 is 10.0 Å². The smallest absolute Gasteiger partial charge is 0.271 e. The highest BCUT2D eigenvalue weighted by molar-refractivity contribution is 6.30. The summed E-state index contributed by atoms with van der Waals surface area (Å²) in [7, 11) is 0. The number of anilines is 1. The van der Waals surface area contributed by atoms with Crippen molar-refractivity contribution >= 4 is 33.8 Å². The fourth-order valence-electron chi connectivity index (χ4n) is 3.11. The fraction of sp³-hybridized carbons (Fsp3) is 0.111. The number of rotatable bonds is 3. The number of imidazole rings is 1. The third-order valence-electron chi connectivity index (χ3n) is 4.42. The molecular weight excluding hydrogens is 334 g/mol. The number of H-pyrrole nitrogens is 1. The summed E-state index contributed by atoms with van der Waals surface area (Å²) in [5.41, 5.74) is 3.07. The minimum absolute atomic E-state index is 0.0000350. The Labute approximate surface area is 148 Å². The summed E-state index contributed by atoms with van der Waals surface area (Å²) in [6.07, 6.45) is 0. The number of nitrogens with zero attached hydrogens (tertiary/aromatic N) is 3. The Morgan fingerprint density at radius 2 is 2.08 bits per heavy atom. The van der Waals surface area contributed by atoms with E-state index in [1.165, 1.54) is 12.1 Å². The third kappa shape index (κ3) is 2.39. The fourth-order valence-corrected chi connectivity index (χ4v) is 3.11. The quantitative estimate of drug-likeness (QED) is 0.493. The number of aliphatic hydroxyl groups is 1. The van der Waals surface area contributed by atoms with Gasteiger partial charge in [-0.05, 0) is 24.6 Å². The molecule has 0 unspecified atom stereocenters. The Morgan fingerprint density at radius 3 is 2.81 bits per heavy atom. The number of non-ortho nitro benzene ring substituents is 1. The molecule has 8 nitrogen and oxygen atoms in total. The summed E-state index contributed by atoms with van der Waals surface area (Å²) < 4.78 is 0. The highest BCUT2D eigenvalue weighted by atomic mass is 16.6. The Morgan fingerprint density at radius 1 is 1.31 bits per heavy atom. The molecule has 0 saturated carbocycles. The van der Waals surface area contributed by atoms with Crippen LogP contribution in [0.1, 0.15) is 11.4 Å². The minimum Gasteiger partial charge on any atom is -0.509 e. The maximum atomic E-state index is 11.1. The summed E-state index contributed by atoms with van der Waals surface area (Å²) in [4.78, 5) is 19.7. The number of aliphatic hydroxyl groups excluding tert-OH is 1. The molecule has 0 saturated heterocycles. The van der Waals surface area contributed by atoms with Crippen molar-refractivity contribution in [3.8, 4) is 0 Å². The van der Waals surface area contributed by atoms with E-state index in [4.69, 9.17) is 5.41 Å². The second-order valence-electron chi connectivity index (χ2n) is 6.09. The van der Waals surface area contributed by atoms with Gasteiger partial charge in [0, 0.05) is 12.1 Å². The van der Waals surface area contributed by atoms with Crippen LogP contribution in [0.15, 0.2) is 48.2 Å². The van der Waals surface area contributed by atoms with Crippen LogP contribution in [0.5, 0.6) is 0 Å². The van der Waals surface area contributed by atoms with E-state index in [-0.39, 0.29) is 23.8 Å². The predicted molar refractivity (Wildman–Crippen MR) is 98.5 cm³/mol. The molecule has 1 aliphatic heterocycles. The highest BCUT2D eigenvalue weighted by Crippen LogP contribution is 2.34. The van der Waals surface area contributed by atoms with Crippen LogP contribution in [0.25, 0.3) is 16.6 Å². The van der Waals surface area contributed by atoms with Crippen molar-refractivity contribution in [3.05, 3.63) is 69.7 Å². The van der Waals surface area contributed by atoms with E-state index in [9.17, 15) is 15.2 Å². The van der Waals surface area contributed by atoms with Crippen molar-refractivity contribution in [2.45, 2.75) is 6.92 Å². The van der Waals surface area contributed by atoms with Crippen LogP contribution in [-0.2, 0) is 0 Å². The Hall–Kier alpha value is -3.68. The van der Waals surface area contributed by atoms with Crippen LogP contribution in [0.2, 0.25) is 0 Å². The van der Waals surface area contributed by atoms with Crippen LogP contribution in [0.4, 0.5) is 11.4 Å². The highest BCUT2D eigenvalue weighted by Gasteiger charge is 2.32. The van der Waals surface area contributed by atoms with Crippen LogP contribution in [-0.4, -0.2) is 32.4 Å². The van der Waals surface area contributed by atoms with E-state index in [2.05, 4.69) is 9.97 Å². The van der Waals surface area contributed by atoms with E-state index in [1.54, 1.807) is 11.0 Å². The van der Waals surface area contributed by atoms with Gasteiger partial charge in [-0.3, -0.25) is 15.5 Å². The van der Waals surface area contributed by atoms with Crippen molar-refractivity contribution in [3.63, 3.8) is 0 Å². The molecule has 3 N–H and O–H groups in total. The number of aromatic nitrogens is 2. The van der Waals surface area contributed by atoms with Gasteiger partial charge in [-0.15, -0.1) is 0 Å². The Bertz CT molecular complexity index is 1070. The number of aromatic amines is 1. The molecule has 0 atom stereocenters. The second kappa shape index (κ2) is 5.69. The SMILES string of the molecule is Cc1ccc([N+](=O)[O-])cc1N1CC(O)=C(c2nc3ccccc3[nH]2)C1=N. The number of hydrogen-bond donors (Lipinski definition) is 3. The Balaban J connectivity index is 1.75. The van der Waals surface area contributed by atoms with E-state index >= 15 is 0 Å². The summed E-state index contributed by atoms with van der Waals surface area (Å²) >= 11 is 0. The number of hydrogen-bond acceptors (Lipinski definition) is 5. The van der Waals surface area contributed by atoms with E-state index in [0.29, 0.717) is 17.1 Å². The van der Waals surface area contributed by atoms with Gasteiger partial charge in [0.2, 0.25) is 0 Å². The van der Waals surface area contributed by atoms with Gasteiger partial charge >= 0.3 is 0 Å². The van der Waals surface area contributed by atoms with Gasteiger partial charge in [0.05, 0.1) is 33.8 Å². The molecular formula is C18H15N5O3. The molecule has 2 heterocycles. The average molecular weight is 349 g/mol. The van der Waals surface area contributed by atoms with Crippen molar-refractivity contribution in [2.24, 2.45) is 0 Å². The first-order valence-corrected chi connectivity index (χ1v) is 7.94. The lowest BCUT2D eigenvalue weighted by Crippen LogP contribution is -2.27. The average Bonchev–Trinajstić information content (AvgIpc) is 3.15. The lowest BCUT2D eigenvalue weighted by Gasteiger charge is -2.20. The molecule has 130 valence electrons. The molecule has 1 aliphatic rings. The number of benzene rings is 2. The molecule has 0 fully saturated rings. The van der Waals surface area contributed by atoms with Crippen LogP contribution < -0.4 is 4.90 Å². The first-order valence-electron chi connectivity index (χ1n) is 7.94. The van der Waals surface area contributed by atoms with Crippen LogP contribution in [0.3, 0.4) is 0 Å². The molecule has 26 heavy (non-hydrogen) atoms. The third-order valence-corrected chi connectivity index (χ3v) is 4.42. The molecule has 2 aromatic carbocycles. The molecule has 0 aliphatic carbocycles. The lowest BCUT2D eigenvalue weighted by atomic mass is 10.1. The lowest BCUT2D eigenvalue weighted by molar-refractivity contribution is -0.384. The number of amidine groups is 1. The maximum Gasteiger partial charge on any atom is 0.271 e. The predicted octanol–water partition coefficient (Wildman–Crippen LogP) is 3.55. The number of para-hydroxylation sites is 2. The van der Waals surface area contributed by atoms with Gasteiger partial charge in [0.1, 0.15) is 17.4 Å². The number of aryl methyl sites for hydroxylation is 1. The van der Waals surface area contributed by atoms with Gasteiger partial charge < -0.3 is 15.0 Å². The summed E-state index contributed by atoms with van der Waals surface area (Å²) in [5, 5.41) is 30.0. The zero-order valence-corrected chi connectivity index (χ0v) is 13.9. The molecule has 4 rings (SSSR count). The molecule has 0 amide bonds. The molecule has 8 heteroatoms. The molecule has 0 bridgehead atoms. The minimum atomic E-state index is -0.476. The second-order valence-corrected chi connectivity index (χ2v) is 6.09. The molecule has 3 aromatic rings. The first-order chi connectivity index (χ1) is 12.5. The van der Waals surface area contributed by atoms with Crippen LogP contribution in [0, 0.1) is 22.4 Å². The van der Waals surface area contributed by atoms with E-state index in [0.717, 1.165) is 16.6 Å². The van der Waals surface area contributed by atoms with E-state index < -0.39 is 4.92 Å². The van der Waals surface area contributed by atoms with Gasteiger partial charge in [-0.25, -0.2) is 4.98 Å². The van der Waals surface area contributed by atoms with Crippen molar-refractivity contribution in [1.82, 2.24) is 9.97 Å². The van der Waals surface area contributed by atoms with E-state index in [1.807, 2.05) is 31.2 Å². The number of nitro groups is 1.